The Morgan fingerprint density at radius 3 is 2.23 bits per heavy atom. The molecule has 3 atom stereocenters. The second-order valence-corrected chi connectivity index (χ2v) is 10.3. The van der Waals surface area contributed by atoms with Crippen molar-refractivity contribution in [1.29, 1.82) is 0 Å². The number of fused-ring (bicyclic) bond motifs is 1. The number of hydrogen-bond acceptors (Lipinski definition) is 3. The molecule has 0 radical (unpaired) electrons. The molecule has 2 aliphatic carbocycles. The molecule has 1 aromatic carbocycles. The summed E-state index contributed by atoms with van der Waals surface area (Å²) in [5.41, 5.74) is 1.00. The lowest BCUT2D eigenvalue weighted by Crippen LogP contribution is -2.51. The van der Waals surface area contributed by atoms with Gasteiger partial charge in [-0.3, -0.25) is 4.79 Å². The van der Waals surface area contributed by atoms with E-state index in [9.17, 15) is 13.2 Å². The number of benzene rings is 1. The summed E-state index contributed by atoms with van der Waals surface area (Å²) in [4.78, 5) is 15.3. The molecule has 2 aliphatic heterocycles. The smallest absolute Gasteiger partial charge is 0.241 e. The number of nitrogens with one attached hydrogen (secondary N) is 1. The summed E-state index contributed by atoms with van der Waals surface area (Å²) in [6, 6.07) is 6.26. The van der Waals surface area contributed by atoms with E-state index in [1.54, 1.807) is 31.2 Å². The normalized spacial score (nSPS) is 31.7. The van der Waals surface area contributed by atoms with Gasteiger partial charge in [0.2, 0.25) is 15.9 Å². The zero-order valence-corrected chi connectivity index (χ0v) is 16.3. The van der Waals surface area contributed by atoms with Crippen molar-refractivity contribution in [3.05, 3.63) is 29.8 Å². The molecule has 4 fully saturated rings. The van der Waals surface area contributed by atoms with Gasteiger partial charge in [0.25, 0.3) is 0 Å². The predicted molar refractivity (Wildman–Crippen MR) is 100 cm³/mol. The number of amides is 1. The summed E-state index contributed by atoms with van der Waals surface area (Å²) in [6.07, 6.45) is 5.98. The topological polar surface area (TPSA) is 66.5 Å². The molecule has 0 aromatic heterocycles. The molecule has 2 heterocycles. The van der Waals surface area contributed by atoms with Gasteiger partial charge in [-0.1, -0.05) is 17.7 Å². The standard InChI is InChI=1S/C20H28N2O3S/c1-13-3-5-19(6-4-13)26(24,25)21-14(2)20(23)22-12-17-8-15-7-16(9-17)11-18(22)10-15/h3-6,14-18,21H,7-12H2,1-2H3/t14-,15?,16?,17?,18?/m0/s1. The molecule has 142 valence electrons. The van der Waals surface area contributed by atoms with Gasteiger partial charge in [0, 0.05) is 12.6 Å². The zero-order chi connectivity index (χ0) is 18.5. The van der Waals surface area contributed by atoms with Crippen molar-refractivity contribution in [3.8, 4) is 0 Å². The Balaban J connectivity index is 1.48. The third-order valence-electron chi connectivity index (χ3n) is 6.42. The van der Waals surface area contributed by atoms with E-state index in [1.807, 2.05) is 11.8 Å². The Hall–Kier alpha value is -1.40. The lowest BCUT2D eigenvalue weighted by atomic mass is 9.68. The van der Waals surface area contributed by atoms with Gasteiger partial charge in [-0.2, -0.15) is 4.72 Å². The van der Waals surface area contributed by atoms with Crippen molar-refractivity contribution < 1.29 is 13.2 Å². The largest absolute Gasteiger partial charge is 0.338 e. The number of hydrogen-bond donors (Lipinski definition) is 1. The molecule has 0 spiro atoms. The molecule has 5 nitrogen and oxygen atoms in total. The van der Waals surface area contributed by atoms with Gasteiger partial charge in [-0.25, -0.2) is 8.42 Å². The highest BCUT2D eigenvalue weighted by Gasteiger charge is 2.44. The fourth-order valence-corrected chi connectivity index (χ4v) is 6.57. The van der Waals surface area contributed by atoms with Gasteiger partial charge in [-0.05, 0) is 75.8 Å². The first-order chi connectivity index (χ1) is 12.3. The van der Waals surface area contributed by atoms with E-state index >= 15 is 0 Å². The third-order valence-corrected chi connectivity index (χ3v) is 7.98. The van der Waals surface area contributed by atoms with Crippen LogP contribution in [0.1, 0.15) is 44.6 Å². The van der Waals surface area contributed by atoms with Gasteiger partial charge in [0.15, 0.2) is 0 Å². The maximum Gasteiger partial charge on any atom is 0.241 e. The van der Waals surface area contributed by atoms with Crippen LogP contribution in [-0.4, -0.2) is 37.9 Å². The van der Waals surface area contributed by atoms with Gasteiger partial charge in [0.05, 0.1) is 10.9 Å². The SMILES string of the molecule is Cc1ccc(S(=O)(=O)N[C@@H](C)C(=O)N2CC3CC4CC(C3)CC2C4)cc1. The molecule has 1 amide bonds. The molecule has 1 N–H and O–H groups in total. The number of nitrogens with zero attached hydrogens (tertiary/aromatic N) is 1. The molecule has 1 aromatic rings. The van der Waals surface area contributed by atoms with Crippen molar-refractivity contribution in [3.63, 3.8) is 0 Å². The van der Waals surface area contributed by atoms with Crippen LogP contribution in [0.2, 0.25) is 0 Å². The molecular formula is C20H28N2O3S. The fraction of sp³-hybridized carbons (Fsp3) is 0.650. The Labute approximate surface area is 156 Å². The highest BCUT2D eigenvalue weighted by molar-refractivity contribution is 7.89. The van der Waals surface area contributed by atoms with E-state index in [0.29, 0.717) is 12.0 Å². The Bertz CT molecular complexity index is 776. The molecule has 5 rings (SSSR count). The average Bonchev–Trinajstić information content (AvgIpc) is 2.77. The lowest BCUT2D eigenvalue weighted by molar-refractivity contribution is -0.135. The molecule has 4 bridgehead atoms. The molecule has 2 saturated heterocycles. The number of carbonyl (C=O) groups excluding carboxylic acids is 1. The van der Waals surface area contributed by atoms with Crippen LogP contribution in [0.15, 0.2) is 29.2 Å². The Kier molecular flexibility index (Phi) is 4.59. The average molecular weight is 377 g/mol. The van der Waals surface area contributed by atoms with Gasteiger partial charge < -0.3 is 4.90 Å². The van der Waals surface area contributed by atoms with Crippen LogP contribution < -0.4 is 4.72 Å². The van der Waals surface area contributed by atoms with Gasteiger partial charge in [0.1, 0.15) is 0 Å². The first kappa shape index (κ1) is 18.0. The third kappa shape index (κ3) is 3.41. The number of carbonyl (C=O) groups is 1. The number of sulfonamides is 1. The van der Waals surface area contributed by atoms with Crippen molar-refractivity contribution in [2.24, 2.45) is 17.8 Å². The summed E-state index contributed by atoms with van der Waals surface area (Å²) in [5, 5.41) is 0. The first-order valence-electron chi connectivity index (χ1n) is 9.71. The second kappa shape index (κ2) is 6.64. The van der Waals surface area contributed by atoms with Crippen LogP contribution in [0.4, 0.5) is 0 Å². The molecule has 6 heteroatoms. The van der Waals surface area contributed by atoms with E-state index < -0.39 is 16.1 Å². The van der Waals surface area contributed by atoms with E-state index in [1.165, 1.54) is 19.3 Å². The maximum absolute atomic E-state index is 13.1. The van der Waals surface area contributed by atoms with Gasteiger partial charge >= 0.3 is 0 Å². The molecule has 2 unspecified atom stereocenters. The molecule has 4 aliphatic rings. The minimum atomic E-state index is -3.69. The van der Waals surface area contributed by atoms with Crippen molar-refractivity contribution in [2.45, 2.75) is 62.9 Å². The summed E-state index contributed by atoms with van der Waals surface area (Å²) in [7, 11) is -3.69. The van der Waals surface area contributed by atoms with E-state index in [0.717, 1.165) is 36.8 Å². The van der Waals surface area contributed by atoms with Crippen LogP contribution in [0.3, 0.4) is 0 Å². The minimum Gasteiger partial charge on any atom is -0.338 e. The monoisotopic (exact) mass is 376 g/mol. The molecule has 26 heavy (non-hydrogen) atoms. The summed E-state index contributed by atoms with van der Waals surface area (Å²) < 4.78 is 27.8. The molecular weight excluding hydrogens is 348 g/mol. The second-order valence-electron chi connectivity index (χ2n) is 8.58. The van der Waals surface area contributed by atoms with E-state index in [-0.39, 0.29) is 10.8 Å². The Morgan fingerprint density at radius 2 is 1.62 bits per heavy atom. The highest BCUT2D eigenvalue weighted by Crippen LogP contribution is 2.47. The van der Waals surface area contributed by atoms with E-state index in [4.69, 9.17) is 0 Å². The fourth-order valence-electron chi connectivity index (χ4n) is 5.37. The molecule has 2 saturated carbocycles. The van der Waals surface area contributed by atoms with Crippen LogP contribution in [0.25, 0.3) is 0 Å². The number of rotatable bonds is 4. The van der Waals surface area contributed by atoms with Gasteiger partial charge in [-0.15, -0.1) is 0 Å². The van der Waals surface area contributed by atoms with E-state index in [2.05, 4.69) is 4.72 Å². The van der Waals surface area contributed by atoms with Crippen molar-refractivity contribution >= 4 is 15.9 Å². The van der Waals surface area contributed by atoms with Crippen LogP contribution in [0.5, 0.6) is 0 Å². The maximum atomic E-state index is 13.1. The van der Waals surface area contributed by atoms with Crippen molar-refractivity contribution in [2.75, 3.05) is 6.54 Å². The van der Waals surface area contributed by atoms with Crippen LogP contribution in [-0.2, 0) is 14.8 Å². The van der Waals surface area contributed by atoms with Crippen LogP contribution >= 0.6 is 0 Å². The highest BCUT2D eigenvalue weighted by atomic mass is 32.2. The van der Waals surface area contributed by atoms with Crippen molar-refractivity contribution in [1.82, 2.24) is 9.62 Å². The predicted octanol–water partition coefficient (Wildman–Crippen LogP) is 2.70. The summed E-state index contributed by atoms with van der Waals surface area (Å²) >= 11 is 0. The lowest BCUT2D eigenvalue weighted by Gasteiger charge is -2.39. The number of aryl methyl sites for hydroxylation is 1. The zero-order valence-electron chi connectivity index (χ0n) is 15.5. The van der Waals surface area contributed by atoms with Crippen LogP contribution in [0, 0.1) is 24.7 Å². The Morgan fingerprint density at radius 1 is 1.04 bits per heavy atom. The summed E-state index contributed by atoms with van der Waals surface area (Å²) in [6.45, 7) is 4.38. The summed E-state index contributed by atoms with van der Waals surface area (Å²) in [5.74, 6) is 2.04. The minimum absolute atomic E-state index is 0.0705. The first-order valence-corrected chi connectivity index (χ1v) is 11.2. The quantitative estimate of drug-likeness (QED) is 0.879.